The summed E-state index contributed by atoms with van der Waals surface area (Å²) in [5.74, 6) is -0.202. The smallest absolute Gasteiger partial charge is 0.270 e. The third-order valence-electron chi connectivity index (χ3n) is 2.91. The van der Waals surface area contributed by atoms with E-state index in [1.807, 2.05) is 13.8 Å². The second-order valence-corrected chi connectivity index (χ2v) is 5.52. The number of aromatic nitrogens is 4. The molecule has 3 rings (SSSR count). The number of carbonyl (C=O) groups is 1. The van der Waals surface area contributed by atoms with Crippen LogP contribution in [0.15, 0.2) is 24.4 Å². The number of nitrogens with one attached hydrogen (secondary N) is 1. The Morgan fingerprint density at radius 2 is 2.25 bits per heavy atom. The summed E-state index contributed by atoms with van der Waals surface area (Å²) in [6.07, 6.45) is 1.60. The molecule has 0 bridgehead atoms. The van der Waals surface area contributed by atoms with Gasteiger partial charge in [0.25, 0.3) is 5.91 Å². The lowest BCUT2D eigenvalue weighted by atomic mass is 10.3. The Balaban J connectivity index is 1.80. The fourth-order valence-electron chi connectivity index (χ4n) is 1.94. The fourth-order valence-corrected chi connectivity index (χ4v) is 2.75. The van der Waals surface area contributed by atoms with Gasteiger partial charge in [-0.15, -0.1) is 0 Å². The molecule has 0 radical (unpaired) electrons. The predicted molar refractivity (Wildman–Crippen MR) is 75.7 cm³/mol. The molecule has 1 amide bonds. The lowest BCUT2D eigenvalue weighted by Gasteiger charge is -2.04. The molecule has 0 aliphatic heterocycles. The minimum atomic E-state index is -0.202. The molecule has 0 fully saturated rings. The lowest BCUT2D eigenvalue weighted by molar-refractivity contribution is 0.0945. The molecular formula is C13H13N5OS. The maximum absolute atomic E-state index is 12.0. The van der Waals surface area contributed by atoms with E-state index in [0.29, 0.717) is 12.2 Å². The van der Waals surface area contributed by atoms with E-state index in [0.717, 1.165) is 21.4 Å². The number of pyridine rings is 1. The van der Waals surface area contributed by atoms with Crippen LogP contribution >= 0.6 is 11.3 Å². The zero-order valence-electron chi connectivity index (χ0n) is 11.1. The van der Waals surface area contributed by atoms with Crippen molar-refractivity contribution >= 4 is 22.2 Å². The van der Waals surface area contributed by atoms with E-state index in [-0.39, 0.29) is 5.91 Å². The summed E-state index contributed by atoms with van der Waals surface area (Å²) in [4.78, 5) is 21.3. The van der Waals surface area contributed by atoms with Gasteiger partial charge in [-0.25, -0.2) is 9.50 Å². The van der Waals surface area contributed by atoms with Gasteiger partial charge >= 0.3 is 0 Å². The van der Waals surface area contributed by atoms with Crippen molar-refractivity contribution in [1.29, 1.82) is 0 Å². The molecule has 20 heavy (non-hydrogen) atoms. The number of rotatable bonds is 3. The number of hydrogen-bond acceptors (Lipinski definition) is 5. The molecule has 0 unspecified atom stereocenters. The highest BCUT2D eigenvalue weighted by molar-refractivity contribution is 7.16. The summed E-state index contributed by atoms with van der Waals surface area (Å²) in [6, 6.07) is 5.24. The molecule has 3 aromatic heterocycles. The van der Waals surface area contributed by atoms with E-state index < -0.39 is 0 Å². The van der Waals surface area contributed by atoms with Crippen LogP contribution in [0.1, 0.15) is 26.9 Å². The van der Waals surface area contributed by atoms with E-state index in [2.05, 4.69) is 20.4 Å². The van der Waals surface area contributed by atoms with Crippen LogP contribution in [0.2, 0.25) is 0 Å². The second-order valence-electron chi connectivity index (χ2n) is 4.36. The minimum absolute atomic E-state index is 0.202. The Labute approximate surface area is 119 Å². The second kappa shape index (κ2) is 5.01. The first kappa shape index (κ1) is 12.7. The van der Waals surface area contributed by atoms with Crippen molar-refractivity contribution in [1.82, 2.24) is 24.9 Å². The summed E-state index contributed by atoms with van der Waals surface area (Å²) in [7, 11) is 0. The maximum atomic E-state index is 12.0. The molecule has 7 heteroatoms. The third-order valence-corrected chi connectivity index (χ3v) is 3.74. The monoisotopic (exact) mass is 287 g/mol. The highest BCUT2D eigenvalue weighted by atomic mass is 32.1. The average Bonchev–Trinajstić information content (AvgIpc) is 2.92. The molecule has 0 saturated heterocycles. The van der Waals surface area contributed by atoms with Crippen LogP contribution in [0.5, 0.6) is 0 Å². The first-order chi connectivity index (χ1) is 9.65. The van der Waals surface area contributed by atoms with Crippen LogP contribution in [0.4, 0.5) is 0 Å². The Morgan fingerprint density at radius 3 is 3.00 bits per heavy atom. The number of fused-ring (bicyclic) bond motifs is 1. The van der Waals surface area contributed by atoms with Gasteiger partial charge in [0.05, 0.1) is 17.9 Å². The van der Waals surface area contributed by atoms with Crippen molar-refractivity contribution in [2.24, 2.45) is 0 Å². The number of imidazole rings is 1. The molecule has 3 aromatic rings. The largest absolute Gasteiger partial charge is 0.345 e. The van der Waals surface area contributed by atoms with Gasteiger partial charge in [-0.05, 0) is 26.0 Å². The van der Waals surface area contributed by atoms with Gasteiger partial charge in [0.1, 0.15) is 10.7 Å². The van der Waals surface area contributed by atoms with Gasteiger partial charge < -0.3 is 5.32 Å². The Hall–Kier alpha value is -2.28. The number of nitrogens with zero attached hydrogens (tertiary/aromatic N) is 4. The Kier molecular flexibility index (Phi) is 3.19. The molecule has 0 aliphatic carbocycles. The SMILES string of the molecule is Cc1nn2c(CNC(=O)c3ccccn3)c(C)nc2s1. The first-order valence-electron chi connectivity index (χ1n) is 6.16. The highest BCUT2D eigenvalue weighted by Gasteiger charge is 2.14. The molecular weight excluding hydrogens is 274 g/mol. The van der Waals surface area contributed by atoms with Crippen molar-refractivity contribution < 1.29 is 4.79 Å². The quantitative estimate of drug-likeness (QED) is 0.796. The molecule has 0 atom stereocenters. The highest BCUT2D eigenvalue weighted by Crippen LogP contribution is 2.17. The first-order valence-corrected chi connectivity index (χ1v) is 6.97. The lowest BCUT2D eigenvalue weighted by Crippen LogP contribution is -2.24. The molecule has 3 heterocycles. The van der Waals surface area contributed by atoms with Crippen LogP contribution in [0.3, 0.4) is 0 Å². The Morgan fingerprint density at radius 1 is 1.40 bits per heavy atom. The zero-order chi connectivity index (χ0) is 14.1. The van der Waals surface area contributed by atoms with E-state index >= 15 is 0 Å². The standard InChI is InChI=1S/C13H13N5OS/c1-8-11(18-13(16-8)20-9(2)17-18)7-15-12(19)10-5-3-4-6-14-10/h3-6H,7H2,1-2H3,(H,15,19). The fraction of sp³-hybridized carbons (Fsp3) is 0.231. The zero-order valence-corrected chi connectivity index (χ0v) is 11.9. The molecule has 0 saturated carbocycles. The van der Waals surface area contributed by atoms with Crippen LogP contribution in [-0.4, -0.2) is 25.5 Å². The van der Waals surface area contributed by atoms with Crippen LogP contribution < -0.4 is 5.32 Å². The molecule has 0 aliphatic rings. The number of amides is 1. The summed E-state index contributed by atoms with van der Waals surface area (Å²) in [5.41, 5.74) is 2.18. The van der Waals surface area contributed by atoms with Crippen molar-refractivity contribution in [2.45, 2.75) is 20.4 Å². The molecule has 6 nitrogen and oxygen atoms in total. The Bertz CT molecular complexity index is 762. The van der Waals surface area contributed by atoms with Crippen molar-refractivity contribution in [3.8, 4) is 0 Å². The van der Waals surface area contributed by atoms with Crippen molar-refractivity contribution in [2.75, 3.05) is 0 Å². The van der Waals surface area contributed by atoms with Crippen LogP contribution in [0, 0.1) is 13.8 Å². The van der Waals surface area contributed by atoms with E-state index in [4.69, 9.17) is 0 Å². The number of aryl methyl sites for hydroxylation is 2. The van der Waals surface area contributed by atoms with Gasteiger partial charge in [0, 0.05) is 6.20 Å². The van der Waals surface area contributed by atoms with E-state index in [1.165, 1.54) is 11.3 Å². The van der Waals surface area contributed by atoms with Crippen molar-refractivity contribution in [3.05, 3.63) is 46.5 Å². The molecule has 0 spiro atoms. The summed E-state index contributed by atoms with van der Waals surface area (Å²) in [6.45, 7) is 4.23. The van der Waals surface area contributed by atoms with Gasteiger partial charge in [-0.2, -0.15) is 5.10 Å². The van der Waals surface area contributed by atoms with Gasteiger partial charge in [-0.1, -0.05) is 17.4 Å². The number of carbonyl (C=O) groups excluding carboxylic acids is 1. The number of hydrogen-bond donors (Lipinski definition) is 1. The van der Waals surface area contributed by atoms with Gasteiger partial charge in [0.2, 0.25) is 4.96 Å². The normalized spacial score (nSPS) is 10.9. The van der Waals surface area contributed by atoms with Crippen LogP contribution in [-0.2, 0) is 6.54 Å². The minimum Gasteiger partial charge on any atom is -0.345 e. The molecule has 1 N–H and O–H groups in total. The van der Waals surface area contributed by atoms with E-state index in [9.17, 15) is 4.79 Å². The van der Waals surface area contributed by atoms with Gasteiger partial charge in [0.15, 0.2) is 0 Å². The van der Waals surface area contributed by atoms with Gasteiger partial charge in [-0.3, -0.25) is 9.78 Å². The predicted octanol–water partition coefficient (Wildman–Crippen LogP) is 1.73. The van der Waals surface area contributed by atoms with Crippen LogP contribution in [0.25, 0.3) is 4.96 Å². The summed E-state index contributed by atoms with van der Waals surface area (Å²) >= 11 is 1.53. The third kappa shape index (κ3) is 2.27. The topological polar surface area (TPSA) is 72.2 Å². The maximum Gasteiger partial charge on any atom is 0.270 e. The summed E-state index contributed by atoms with van der Waals surface area (Å²) < 4.78 is 1.79. The summed E-state index contributed by atoms with van der Waals surface area (Å²) in [5, 5.41) is 8.19. The van der Waals surface area contributed by atoms with Crippen molar-refractivity contribution in [3.63, 3.8) is 0 Å². The molecule has 102 valence electrons. The molecule has 0 aromatic carbocycles. The van der Waals surface area contributed by atoms with E-state index in [1.54, 1.807) is 28.9 Å². The average molecular weight is 287 g/mol.